The molecule has 0 aromatic carbocycles. The molecule has 0 aromatic heterocycles. The van der Waals surface area contributed by atoms with Crippen LogP contribution in [0.2, 0.25) is 0 Å². The second-order valence-corrected chi connectivity index (χ2v) is 8.29. The number of hydrogen-bond acceptors (Lipinski definition) is 13. The Morgan fingerprint density at radius 1 is 0.639 bits per heavy atom. The molecule has 0 spiro atoms. The third kappa shape index (κ3) is 11.6. The van der Waals surface area contributed by atoms with Gasteiger partial charge in [-0.2, -0.15) is 0 Å². The lowest BCUT2D eigenvalue weighted by Gasteiger charge is -2.22. The van der Waals surface area contributed by atoms with Gasteiger partial charge >= 0.3 is 35.8 Å². The van der Waals surface area contributed by atoms with Crippen molar-refractivity contribution in [3.8, 4) is 0 Å². The predicted octanol–water partition coefficient (Wildman–Crippen LogP) is 0.143. The highest BCUT2D eigenvalue weighted by molar-refractivity contribution is 5.95. The van der Waals surface area contributed by atoms with Crippen LogP contribution in [0.3, 0.4) is 0 Å². The molecule has 0 rings (SSSR count). The maximum absolute atomic E-state index is 12.7. The molecular weight excluding hydrogens is 480 g/mol. The molecule has 0 aliphatic heterocycles. The molecule has 0 heterocycles. The molecule has 0 saturated carbocycles. The van der Waals surface area contributed by atoms with Crippen LogP contribution < -0.4 is 11.5 Å². The second-order valence-electron chi connectivity index (χ2n) is 8.29. The number of ether oxygens (including phenoxy) is 5. The van der Waals surface area contributed by atoms with Gasteiger partial charge in [-0.25, -0.2) is 9.59 Å². The lowest BCUT2D eigenvalue weighted by molar-refractivity contribution is -0.185. The molecule has 0 aliphatic rings. The Hall–Kier alpha value is -3.06. The molecule has 4 N–H and O–H groups in total. The van der Waals surface area contributed by atoms with Crippen LogP contribution in [0.5, 0.6) is 0 Å². The van der Waals surface area contributed by atoms with Gasteiger partial charge in [-0.15, -0.1) is 0 Å². The molecule has 0 bridgehead atoms. The molecule has 0 amide bonds. The van der Waals surface area contributed by atoms with Gasteiger partial charge in [0.15, 0.2) is 0 Å². The largest absolute Gasteiger partial charge is 0.466 e. The summed E-state index contributed by atoms with van der Waals surface area (Å²) in [6.07, 6.45) is -4.77. The van der Waals surface area contributed by atoms with Crippen molar-refractivity contribution in [1.29, 1.82) is 0 Å². The van der Waals surface area contributed by atoms with Gasteiger partial charge in [0.1, 0.15) is 12.1 Å². The average molecular weight is 519 g/mol. The zero-order chi connectivity index (χ0) is 28.0. The smallest absolute Gasteiger partial charge is 0.355 e. The molecule has 0 aliphatic carbocycles. The standard InChI is InChI=1S/C23H38N2O11/c1-7-13(6)19(25)23(31)35-15(11-17(27)33-9-3)21(29)36-20(28)14(10-16(26)32-8-2)34-22(30)18(24)12(4)5/h12-15,18-19H,7-11,24-25H2,1-6H3/t13-,14?,15?,18-,19-/m0/s1. The molecule has 2 unspecified atom stereocenters. The minimum Gasteiger partial charge on any atom is -0.466 e. The van der Waals surface area contributed by atoms with Crippen molar-refractivity contribution >= 4 is 35.8 Å². The zero-order valence-corrected chi connectivity index (χ0v) is 21.6. The molecule has 5 atom stereocenters. The van der Waals surface area contributed by atoms with Crippen molar-refractivity contribution in [2.75, 3.05) is 13.2 Å². The van der Waals surface area contributed by atoms with Gasteiger partial charge in [0, 0.05) is 0 Å². The first kappa shape index (κ1) is 32.9. The van der Waals surface area contributed by atoms with E-state index in [-0.39, 0.29) is 25.0 Å². The summed E-state index contributed by atoms with van der Waals surface area (Å²) in [5.41, 5.74) is 11.5. The Kier molecular flexibility index (Phi) is 15.2. The molecule has 0 aromatic rings. The Labute approximate surface area is 210 Å². The van der Waals surface area contributed by atoms with Crippen molar-refractivity contribution in [2.45, 2.75) is 85.1 Å². The van der Waals surface area contributed by atoms with E-state index in [4.69, 9.17) is 35.2 Å². The van der Waals surface area contributed by atoms with Crippen LogP contribution in [0.4, 0.5) is 0 Å². The minimum absolute atomic E-state index is 0.0203. The number of hydrogen-bond donors (Lipinski definition) is 2. The van der Waals surface area contributed by atoms with E-state index in [1.165, 1.54) is 13.8 Å². The number of esters is 6. The highest BCUT2D eigenvalue weighted by Crippen LogP contribution is 2.14. The summed E-state index contributed by atoms with van der Waals surface area (Å²) in [6.45, 7) is 9.74. The summed E-state index contributed by atoms with van der Waals surface area (Å²) in [5.74, 6) is -7.40. The zero-order valence-electron chi connectivity index (χ0n) is 21.6. The maximum Gasteiger partial charge on any atom is 0.355 e. The van der Waals surface area contributed by atoms with Crippen LogP contribution in [-0.2, 0) is 52.5 Å². The summed E-state index contributed by atoms with van der Waals surface area (Å²) in [7, 11) is 0. The second kappa shape index (κ2) is 16.6. The van der Waals surface area contributed by atoms with E-state index in [9.17, 15) is 28.8 Å². The quantitative estimate of drug-likeness (QED) is 0.169. The first-order valence-electron chi connectivity index (χ1n) is 11.8. The van der Waals surface area contributed by atoms with Crippen LogP contribution in [0.15, 0.2) is 0 Å². The Bertz CT molecular complexity index is 784. The summed E-state index contributed by atoms with van der Waals surface area (Å²) in [5, 5.41) is 0. The fourth-order valence-electron chi connectivity index (χ4n) is 2.52. The highest BCUT2D eigenvalue weighted by Gasteiger charge is 2.37. The molecule has 13 heteroatoms. The summed E-state index contributed by atoms with van der Waals surface area (Å²) in [4.78, 5) is 73.8. The number of carbonyl (C=O) groups is 6. The first-order chi connectivity index (χ1) is 16.8. The Balaban J connectivity index is 5.71. The number of nitrogens with two attached hydrogens (primary N) is 2. The highest BCUT2D eigenvalue weighted by atomic mass is 16.6. The number of rotatable bonds is 15. The first-order valence-corrected chi connectivity index (χ1v) is 11.8. The normalized spacial score (nSPS) is 15.0. The lowest BCUT2D eigenvalue weighted by Crippen LogP contribution is -2.45. The van der Waals surface area contributed by atoms with E-state index < -0.39 is 72.9 Å². The third-order valence-electron chi connectivity index (χ3n) is 5.08. The monoisotopic (exact) mass is 518 g/mol. The van der Waals surface area contributed by atoms with E-state index in [0.29, 0.717) is 6.42 Å². The molecule has 0 saturated heterocycles. The van der Waals surface area contributed by atoms with Crippen molar-refractivity contribution < 1.29 is 52.5 Å². The van der Waals surface area contributed by atoms with Gasteiger partial charge in [0.25, 0.3) is 0 Å². The molecule has 13 nitrogen and oxygen atoms in total. The molecule has 36 heavy (non-hydrogen) atoms. The predicted molar refractivity (Wildman–Crippen MR) is 124 cm³/mol. The Morgan fingerprint density at radius 2 is 1.03 bits per heavy atom. The third-order valence-corrected chi connectivity index (χ3v) is 5.08. The van der Waals surface area contributed by atoms with Gasteiger partial charge in [-0.05, 0) is 25.7 Å². The van der Waals surface area contributed by atoms with E-state index in [1.54, 1.807) is 27.7 Å². The van der Waals surface area contributed by atoms with Gasteiger partial charge in [0.05, 0.1) is 26.1 Å². The van der Waals surface area contributed by atoms with E-state index in [0.717, 1.165) is 0 Å². The summed E-state index contributed by atoms with van der Waals surface area (Å²) < 4.78 is 24.3. The van der Waals surface area contributed by atoms with Crippen LogP contribution in [0.1, 0.15) is 60.8 Å². The molecule has 0 radical (unpaired) electrons. The fourth-order valence-corrected chi connectivity index (χ4v) is 2.52. The van der Waals surface area contributed by atoms with Crippen LogP contribution in [0.25, 0.3) is 0 Å². The Morgan fingerprint density at radius 3 is 1.36 bits per heavy atom. The van der Waals surface area contributed by atoms with Crippen LogP contribution in [0, 0.1) is 11.8 Å². The molecule has 0 fully saturated rings. The van der Waals surface area contributed by atoms with E-state index in [2.05, 4.69) is 0 Å². The van der Waals surface area contributed by atoms with Gasteiger partial charge < -0.3 is 35.2 Å². The van der Waals surface area contributed by atoms with Gasteiger partial charge in [0.2, 0.25) is 12.2 Å². The van der Waals surface area contributed by atoms with Crippen molar-refractivity contribution in [1.82, 2.24) is 0 Å². The minimum atomic E-state index is -1.88. The summed E-state index contributed by atoms with van der Waals surface area (Å²) in [6, 6.07) is -2.24. The van der Waals surface area contributed by atoms with Crippen LogP contribution in [-0.4, -0.2) is 73.3 Å². The van der Waals surface area contributed by atoms with Crippen LogP contribution >= 0.6 is 0 Å². The van der Waals surface area contributed by atoms with E-state index in [1.807, 2.05) is 0 Å². The summed E-state index contributed by atoms with van der Waals surface area (Å²) >= 11 is 0. The number of carbonyl (C=O) groups excluding carboxylic acids is 6. The average Bonchev–Trinajstić information content (AvgIpc) is 2.81. The lowest BCUT2D eigenvalue weighted by atomic mass is 10.0. The topological polar surface area (TPSA) is 201 Å². The van der Waals surface area contributed by atoms with E-state index >= 15 is 0 Å². The molecule has 206 valence electrons. The fraction of sp³-hybridized carbons (Fsp3) is 0.739. The van der Waals surface area contributed by atoms with Crippen molar-refractivity contribution in [3.63, 3.8) is 0 Å². The van der Waals surface area contributed by atoms with Gasteiger partial charge in [-0.1, -0.05) is 34.1 Å². The molecular formula is C23H38N2O11. The maximum atomic E-state index is 12.7. The van der Waals surface area contributed by atoms with Gasteiger partial charge in [-0.3, -0.25) is 19.2 Å². The SMILES string of the molecule is CCOC(=O)CC(OC(=O)[C@@H](N)C(C)C)C(=O)OC(=O)C(CC(=O)OCC)OC(=O)[C@@H](N)[C@@H](C)CC. The van der Waals surface area contributed by atoms with Crippen molar-refractivity contribution in [3.05, 3.63) is 0 Å². The van der Waals surface area contributed by atoms with Crippen molar-refractivity contribution in [2.24, 2.45) is 23.3 Å².